The van der Waals surface area contributed by atoms with Gasteiger partial charge in [-0.15, -0.1) is 10.2 Å². The smallest absolute Gasteiger partial charge is 0.242 e. The number of hydrogen-bond donors (Lipinski definition) is 2. The van der Waals surface area contributed by atoms with Crippen LogP contribution < -0.4 is 10.0 Å². The van der Waals surface area contributed by atoms with Gasteiger partial charge in [0.2, 0.25) is 10.0 Å². The molecule has 0 aliphatic heterocycles. The number of pyridine rings is 1. The Morgan fingerprint density at radius 3 is 2.62 bits per heavy atom. The van der Waals surface area contributed by atoms with E-state index >= 15 is 0 Å². The molecule has 0 amide bonds. The lowest BCUT2D eigenvalue weighted by molar-refractivity contribution is 0.583. The summed E-state index contributed by atoms with van der Waals surface area (Å²) in [6, 6.07) is 14.1. The standard InChI is InChI=1S/C19H19N7O2S/c1-14-9-13-26(25-14)18-8-7-17(23-24-18)20-11-12-22-29(27,28)16-6-2-4-15-5-3-10-21-19(15)16/h2-10,13,22H,11-12H2,1H3,(H,20,23). The van der Waals surface area contributed by atoms with Gasteiger partial charge in [-0.05, 0) is 37.3 Å². The van der Waals surface area contributed by atoms with Gasteiger partial charge in [0.05, 0.1) is 11.2 Å². The highest BCUT2D eigenvalue weighted by Gasteiger charge is 2.17. The van der Waals surface area contributed by atoms with Crippen molar-refractivity contribution in [1.29, 1.82) is 0 Å². The molecule has 4 rings (SSSR count). The molecule has 0 spiro atoms. The molecule has 0 saturated heterocycles. The predicted octanol–water partition coefficient (Wildman–Crippen LogP) is 1.91. The first kappa shape index (κ1) is 19.0. The normalized spacial score (nSPS) is 11.6. The number of benzene rings is 1. The molecular weight excluding hydrogens is 390 g/mol. The van der Waals surface area contributed by atoms with Crippen LogP contribution in [0.15, 0.2) is 65.8 Å². The zero-order valence-electron chi connectivity index (χ0n) is 15.6. The van der Waals surface area contributed by atoms with Crippen LogP contribution in [-0.4, -0.2) is 46.5 Å². The fourth-order valence-electron chi connectivity index (χ4n) is 2.83. The minimum atomic E-state index is -3.68. The topological polar surface area (TPSA) is 115 Å². The third kappa shape index (κ3) is 4.23. The Hall–Kier alpha value is -3.37. The maximum Gasteiger partial charge on any atom is 0.242 e. The molecule has 4 aromatic rings. The average Bonchev–Trinajstić information content (AvgIpc) is 3.17. The molecule has 29 heavy (non-hydrogen) atoms. The lowest BCUT2D eigenvalue weighted by Gasteiger charge is -2.10. The van der Waals surface area contributed by atoms with Crippen molar-refractivity contribution in [1.82, 2.24) is 29.7 Å². The highest BCUT2D eigenvalue weighted by atomic mass is 32.2. The summed E-state index contributed by atoms with van der Waals surface area (Å²) in [7, 11) is -3.68. The predicted molar refractivity (Wildman–Crippen MR) is 109 cm³/mol. The minimum absolute atomic E-state index is 0.161. The average molecular weight is 409 g/mol. The summed E-state index contributed by atoms with van der Waals surface area (Å²) in [5.41, 5.74) is 1.34. The van der Waals surface area contributed by atoms with E-state index in [1.165, 1.54) is 0 Å². The van der Waals surface area contributed by atoms with Crippen LogP contribution in [0.3, 0.4) is 0 Å². The van der Waals surface area contributed by atoms with Gasteiger partial charge in [-0.2, -0.15) is 5.10 Å². The van der Waals surface area contributed by atoms with Gasteiger partial charge in [0.25, 0.3) is 0 Å². The molecule has 0 saturated carbocycles. The van der Waals surface area contributed by atoms with Crippen LogP contribution in [0.25, 0.3) is 16.7 Å². The Kier molecular flexibility index (Phi) is 5.19. The maximum absolute atomic E-state index is 12.6. The van der Waals surface area contributed by atoms with Crippen molar-refractivity contribution in [2.24, 2.45) is 0 Å². The molecule has 3 heterocycles. The quantitative estimate of drug-likeness (QED) is 0.448. The lowest BCUT2D eigenvalue weighted by atomic mass is 10.2. The molecule has 148 valence electrons. The van der Waals surface area contributed by atoms with Crippen LogP contribution in [-0.2, 0) is 10.0 Å². The number of aryl methyl sites for hydroxylation is 1. The Bertz CT molecular complexity index is 1230. The van der Waals surface area contributed by atoms with Gasteiger partial charge in [-0.3, -0.25) is 4.98 Å². The number of para-hydroxylation sites is 1. The number of hydrogen-bond acceptors (Lipinski definition) is 7. The molecule has 0 atom stereocenters. The number of rotatable bonds is 7. The molecular formula is C19H19N7O2S. The molecule has 0 bridgehead atoms. The van der Waals surface area contributed by atoms with E-state index in [2.05, 4.69) is 30.3 Å². The van der Waals surface area contributed by atoms with Crippen molar-refractivity contribution in [2.45, 2.75) is 11.8 Å². The van der Waals surface area contributed by atoms with Crippen molar-refractivity contribution in [3.05, 3.63) is 66.6 Å². The first-order valence-corrected chi connectivity index (χ1v) is 10.4. The van der Waals surface area contributed by atoms with E-state index in [4.69, 9.17) is 0 Å². The van der Waals surface area contributed by atoms with Crippen LogP contribution in [0.5, 0.6) is 0 Å². The van der Waals surface area contributed by atoms with Gasteiger partial charge in [0.15, 0.2) is 5.82 Å². The first-order chi connectivity index (χ1) is 14.0. The maximum atomic E-state index is 12.6. The van der Waals surface area contributed by atoms with Crippen LogP contribution in [0.4, 0.5) is 5.82 Å². The third-order valence-corrected chi connectivity index (χ3v) is 5.71. The van der Waals surface area contributed by atoms with E-state index in [0.29, 0.717) is 23.7 Å². The SMILES string of the molecule is Cc1ccn(-c2ccc(NCCNS(=O)(=O)c3cccc4cccnc34)nn2)n1. The van der Waals surface area contributed by atoms with E-state index < -0.39 is 10.0 Å². The fourth-order valence-corrected chi connectivity index (χ4v) is 4.04. The van der Waals surface area contributed by atoms with Crippen molar-refractivity contribution < 1.29 is 8.42 Å². The second kappa shape index (κ2) is 7.94. The first-order valence-electron chi connectivity index (χ1n) is 8.97. The fraction of sp³-hybridized carbons (Fsp3) is 0.158. The zero-order valence-corrected chi connectivity index (χ0v) is 16.5. The summed E-state index contributed by atoms with van der Waals surface area (Å²) in [4.78, 5) is 4.36. The molecule has 9 nitrogen and oxygen atoms in total. The Morgan fingerprint density at radius 1 is 1.00 bits per heavy atom. The zero-order chi connectivity index (χ0) is 20.3. The van der Waals surface area contributed by atoms with Crippen molar-refractivity contribution in [3.8, 4) is 5.82 Å². The molecule has 0 radical (unpaired) electrons. The highest BCUT2D eigenvalue weighted by molar-refractivity contribution is 7.89. The van der Waals surface area contributed by atoms with E-state index in [1.54, 1.807) is 41.2 Å². The second-order valence-electron chi connectivity index (χ2n) is 6.33. The summed E-state index contributed by atoms with van der Waals surface area (Å²) in [6.45, 7) is 2.44. The lowest BCUT2D eigenvalue weighted by Crippen LogP contribution is -2.29. The van der Waals surface area contributed by atoms with Crippen LogP contribution in [0, 0.1) is 6.92 Å². The third-order valence-electron chi connectivity index (χ3n) is 4.22. The monoisotopic (exact) mass is 409 g/mol. The number of sulfonamides is 1. The number of nitrogens with zero attached hydrogens (tertiary/aromatic N) is 5. The number of fused-ring (bicyclic) bond motifs is 1. The van der Waals surface area contributed by atoms with Gasteiger partial charge < -0.3 is 5.32 Å². The molecule has 0 fully saturated rings. The highest BCUT2D eigenvalue weighted by Crippen LogP contribution is 2.20. The summed E-state index contributed by atoms with van der Waals surface area (Å²) in [5, 5.41) is 16.3. The van der Waals surface area contributed by atoms with Crippen molar-refractivity contribution in [3.63, 3.8) is 0 Å². The molecule has 2 N–H and O–H groups in total. The number of nitrogens with one attached hydrogen (secondary N) is 2. The molecule has 3 aromatic heterocycles. The molecule has 10 heteroatoms. The van der Waals surface area contributed by atoms with Gasteiger partial charge in [-0.25, -0.2) is 17.8 Å². The Labute approximate surface area is 167 Å². The van der Waals surface area contributed by atoms with Gasteiger partial charge in [-0.1, -0.05) is 18.2 Å². The summed E-state index contributed by atoms with van der Waals surface area (Å²) >= 11 is 0. The largest absolute Gasteiger partial charge is 0.367 e. The van der Waals surface area contributed by atoms with Crippen molar-refractivity contribution in [2.75, 3.05) is 18.4 Å². The number of anilines is 1. The Balaban J connectivity index is 1.36. The van der Waals surface area contributed by atoms with E-state index in [9.17, 15) is 8.42 Å². The summed E-state index contributed by atoms with van der Waals surface area (Å²) in [6.07, 6.45) is 3.39. The minimum Gasteiger partial charge on any atom is -0.367 e. The van der Waals surface area contributed by atoms with Gasteiger partial charge >= 0.3 is 0 Å². The molecule has 1 aromatic carbocycles. The van der Waals surface area contributed by atoms with Crippen molar-refractivity contribution >= 4 is 26.7 Å². The summed E-state index contributed by atoms with van der Waals surface area (Å²) in [5.74, 6) is 1.15. The van der Waals surface area contributed by atoms with Gasteiger partial charge in [0, 0.05) is 30.9 Å². The molecule has 0 unspecified atom stereocenters. The van der Waals surface area contributed by atoms with Crippen LogP contribution >= 0.6 is 0 Å². The van der Waals surface area contributed by atoms with E-state index in [1.807, 2.05) is 31.3 Å². The second-order valence-corrected chi connectivity index (χ2v) is 8.07. The van der Waals surface area contributed by atoms with Crippen LogP contribution in [0.2, 0.25) is 0 Å². The van der Waals surface area contributed by atoms with Crippen LogP contribution in [0.1, 0.15) is 5.69 Å². The summed E-state index contributed by atoms with van der Waals surface area (Å²) < 4.78 is 29.5. The Morgan fingerprint density at radius 2 is 1.86 bits per heavy atom. The van der Waals surface area contributed by atoms with E-state index in [0.717, 1.165) is 11.1 Å². The molecule has 0 aliphatic rings. The number of aromatic nitrogens is 5. The molecule has 0 aliphatic carbocycles. The van der Waals surface area contributed by atoms with E-state index in [-0.39, 0.29) is 11.4 Å². The van der Waals surface area contributed by atoms with Gasteiger partial charge in [0.1, 0.15) is 10.7 Å².